The minimum absolute atomic E-state index is 0.0786. The molecule has 1 unspecified atom stereocenters. The zero-order valence-corrected chi connectivity index (χ0v) is 20.4. The Labute approximate surface area is 202 Å². The lowest BCUT2D eigenvalue weighted by Crippen LogP contribution is -2.42. The van der Waals surface area contributed by atoms with Gasteiger partial charge in [0.25, 0.3) is 10.0 Å². The predicted octanol–water partition coefficient (Wildman–Crippen LogP) is 4.48. The molecule has 1 aliphatic carbocycles. The van der Waals surface area contributed by atoms with Crippen LogP contribution in [0.15, 0.2) is 57.8 Å². The number of amides is 2. The lowest BCUT2D eigenvalue weighted by Gasteiger charge is -2.30. The van der Waals surface area contributed by atoms with Gasteiger partial charge in [0.2, 0.25) is 11.8 Å². The molecule has 34 heavy (non-hydrogen) atoms. The fourth-order valence-electron chi connectivity index (χ4n) is 4.20. The highest BCUT2D eigenvalue weighted by Crippen LogP contribution is 2.36. The minimum atomic E-state index is -4.16. The van der Waals surface area contributed by atoms with E-state index in [4.69, 9.17) is 0 Å². The number of nitrogens with zero attached hydrogens (tertiary/aromatic N) is 2. The van der Waals surface area contributed by atoms with Gasteiger partial charge in [-0.2, -0.15) is 8.42 Å². The summed E-state index contributed by atoms with van der Waals surface area (Å²) >= 11 is 1.00. The van der Waals surface area contributed by atoms with Crippen LogP contribution < -0.4 is 5.32 Å². The number of benzene rings is 2. The third-order valence-corrected chi connectivity index (χ3v) is 8.55. The molecule has 7 nitrogen and oxygen atoms in total. The molecule has 2 amide bonds. The van der Waals surface area contributed by atoms with Crippen LogP contribution in [0.5, 0.6) is 0 Å². The molecule has 1 atom stereocenters. The van der Waals surface area contributed by atoms with Gasteiger partial charge in [-0.1, -0.05) is 49.2 Å². The summed E-state index contributed by atoms with van der Waals surface area (Å²) in [6.07, 6.45) is 4.35. The Morgan fingerprint density at radius 3 is 2.47 bits per heavy atom. The summed E-state index contributed by atoms with van der Waals surface area (Å²) in [7, 11) is -4.16. The summed E-state index contributed by atoms with van der Waals surface area (Å²) in [5, 5.41) is 2.14. The summed E-state index contributed by atoms with van der Waals surface area (Å²) in [5.41, 5.74) is 1.57. The molecule has 180 valence electrons. The molecule has 2 aliphatic rings. The molecule has 0 radical (unpaired) electrons. The van der Waals surface area contributed by atoms with E-state index in [9.17, 15) is 22.4 Å². The molecule has 1 heterocycles. The van der Waals surface area contributed by atoms with Crippen molar-refractivity contribution in [3.8, 4) is 0 Å². The number of sulfonamides is 1. The third kappa shape index (κ3) is 5.50. The molecule has 2 aromatic carbocycles. The Kier molecular flexibility index (Phi) is 7.37. The first-order valence-corrected chi connectivity index (χ1v) is 13.5. The van der Waals surface area contributed by atoms with E-state index in [1.165, 1.54) is 4.90 Å². The lowest BCUT2D eigenvalue weighted by molar-refractivity contribution is -0.130. The molecule has 2 aromatic rings. The van der Waals surface area contributed by atoms with E-state index in [0.717, 1.165) is 73.7 Å². The van der Waals surface area contributed by atoms with Crippen LogP contribution in [-0.2, 0) is 19.6 Å². The van der Waals surface area contributed by atoms with E-state index in [-0.39, 0.29) is 34.3 Å². The van der Waals surface area contributed by atoms with Crippen molar-refractivity contribution in [1.29, 1.82) is 0 Å². The molecular weight excluding hydrogens is 477 g/mol. The van der Waals surface area contributed by atoms with Crippen molar-refractivity contribution in [3.63, 3.8) is 0 Å². The number of thioether (sulfide) groups is 1. The number of para-hydroxylation sites is 1. The van der Waals surface area contributed by atoms with Gasteiger partial charge in [-0.25, -0.2) is 4.39 Å². The molecule has 0 bridgehead atoms. The highest BCUT2D eigenvalue weighted by atomic mass is 32.2. The van der Waals surface area contributed by atoms with E-state index >= 15 is 0 Å². The molecule has 0 spiro atoms. The second-order valence-electron chi connectivity index (χ2n) is 8.48. The van der Waals surface area contributed by atoms with Gasteiger partial charge in [0.05, 0.1) is 4.90 Å². The Morgan fingerprint density at radius 1 is 1.12 bits per heavy atom. The number of anilines is 1. The number of amidine groups is 1. The Balaban J connectivity index is 1.58. The van der Waals surface area contributed by atoms with Gasteiger partial charge in [-0.05, 0) is 55.7 Å². The fourth-order valence-corrected chi connectivity index (χ4v) is 6.60. The standard InChI is InChI=1S/C24H26FN3O4S2/c1-16-7-5-6-10-20(16)26-22(29)15-21-23(30)28(18-8-3-2-4-9-18)24(33-21)27-34(31,32)19-13-11-17(25)12-14-19/h5-7,10-14,18,21H,2-4,8-9,15H2,1H3,(H,26,29). The Bertz CT molecular complexity index is 1210. The second kappa shape index (κ2) is 10.3. The maximum Gasteiger partial charge on any atom is 0.284 e. The number of nitrogens with one attached hydrogen (secondary N) is 1. The predicted molar refractivity (Wildman–Crippen MR) is 131 cm³/mol. The van der Waals surface area contributed by atoms with Gasteiger partial charge in [0, 0.05) is 18.2 Å². The maximum atomic E-state index is 13.3. The smallest absolute Gasteiger partial charge is 0.284 e. The maximum absolute atomic E-state index is 13.3. The summed E-state index contributed by atoms with van der Waals surface area (Å²) in [5.74, 6) is -1.18. The summed E-state index contributed by atoms with van der Waals surface area (Å²) in [6.45, 7) is 1.88. The van der Waals surface area contributed by atoms with Crippen LogP contribution in [0.25, 0.3) is 0 Å². The summed E-state index contributed by atoms with van der Waals surface area (Å²) in [4.78, 5) is 27.4. The Morgan fingerprint density at radius 2 is 1.79 bits per heavy atom. The van der Waals surface area contributed by atoms with Gasteiger partial charge in [-0.15, -0.1) is 4.40 Å². The lowest BCUT2D eigenvalue weighted by atomic mass is 9.94. The SMILES string of the molecule is Cc1ccccc1NC(=O)CC1SC(=NS(=O)(=O)c2ccc(F)cc2)N(C2CCCCC2)C1=O. The van der Waals surface area contributed by atoms with Crippen molar-refractivity contribution in [3.05, 3.63) is 59.9 Å². The summed E-state index contributed by atoms with van der Waals surface area (Å²) in [6, 6.07) is 11.6. The number of rotatable bonds is 6. The van der Waals surface area contributed by atoms with Crippen LogP contribution in [0.4, 0.5) is 10.1 Å². The average Bonchev–Trinajstić information content (AvgIpc) is 3.10. The molecule has 10 heteroatoms. The van der Waals surface area contributed by atoms with Crippen LogP contribution in [-0.4, -0.2) is 41.6 Å². The van der Waals surface area contributed by atoms with Crippen LogP contribution in [0.3, 0.4) is 0 Å². The number of aryl methyl sites for hydroxylation is 1. The van der Waals surface area contributed by atoms with Crippen molar-refractivity contribution in [2.24, 2.45) is 4.40 Å². The van der Waals surface area contributed by atoms with Gasteiger partial charge in [0.1, 0.15) is 11.1 Å². The van der Waals surface area contributed by atoms with Crippen LogP contribution in [0.2, 0.25) is 0 Å². The largest absolute Gasteiger partial charge is 0.326 e. The molecule has 4 rings (SSSR count). The molecule has 1 saturated carbocycles. The first-order valence-electron chi connectivity index (χ1n) is 11.2. The van der Waals surface area contributed by atoms with E-state index in [2.05, 4.69) is 9.71 Å². The fraction of sp³-hybridized carbons (Fsp3) is 0.375. The zero-order valence-electron chi connectivity index (χ0n) is 18.7. The normalized spacial score (nSPS) is 20.6. The summed E-state index contributed by atoms with van der Waals surface area (Å²) < 4.78 is 43.0. The second-order valence-corrected chi connectivity index (χ2v) is 11.3. The van der Waals surface area contributed by atoms with Crippen LogP contribution >= 0.6 is 11.8 Å². The van der Waals surface area contributed by atoms with E-state index < -0.39 is 21.1 Å². The highest BCUT2D eigenvalue weighted by molar-refractivity contribution is 8.16. The van der Waals surface area contributed by atoms with E-state index in [1.54, 1.807) is 6.07 Å². The zero-order chi connectivity index (χ0) is 24.3. The minimum Gasteiger partial charge on any atom is -0.326 e. The third-order valence-electron chi connectivity index (χ3n) is 6.01. The number of carbonyl (C=O) groups excluding carboxylic acids is 2. The van der Waals surface area contributed by atoms with Crippen LogP contribution in [0.1, 0.15) is 44.1 Å². The molecule has 2 fully saturated rings. The van der Waals surface area contributed by atoms with Crippen molar-refractivity contribution in [2.75, 3.05) is 5.32 Å². The molecule has 1 aliphatic heterocycles. The highest BCUT2D eigenvalue weighted by Gasteiger charge is 2.43. The average molecular weight is 504 g/mol. The molecule has 0 aromatic heterocycles. The number of hydrogen-bond acceptors (Lipinski definition) is 5. The molecular formula is C24H26FN3O4S2. The van der Waals surface area contributed by atoms with Gasteiger partial charge in [0.15, 0.2) is 5.17 Å². The van der Waals surface area contributed by atoms with Crippen LogP contribution in [0, 0.1) is 12.7 Å². The van der Waals surface area contributed by atoms with E-state index in [1.807, 2.05) is 25.1 Å². The van der Waals surface area contributed by atoms with Crippen molar-refractivity contribution in [1.82, 2.24) is 4.90 Å². The topological polar surface area (TPSA) is 95.9 Å². The van der Waals surface area contributed by atoms with Crippen molar-refractivity contribution in [2.45, 2.75) is 61.6 Å². The van der Waals surface area contributed by atoms with Gasteiger partial charge >= 0.3 is 0 Å². The molecule has 1 saturated heterocycles. The first-order chi connectivity index (χ1) is 16.2. The monoisotopic (exact) mass is 503 g/mol. The molecule has 1 N–H and O–H groups in total. The van der Waals surface area contributed by atoms with Crippen molar-refractivity contribution < 1.29 is 22.4 Å². The number of hydrogen-bond donors (Lipinski definition) is 1. The van der Waals surface area contributed by atoms with Gasteiger partial charge < -0.3 is 5.32 Å². The van der Waals surface area contributed by atoms with Gasteiger partial charge in [-0.3, -0.25) is 14.5 Å². The van der Waals surface area contributed by atoms with E-state index in [0.29, 0.717) is 5.69 Å². The quantitative estimate of drug-likeness (QED) is 0.627. The number of halogens is 1. The Hall–Kier alpha value is -2.72. The number of carbonyl (C=O) groups is 2. The van der Waals surface area contributed by atoms with Crippen molar-refractivity contribution >= 4 is 44.5 Å². The first kappa shape index (κ1) is 24.4.